The lowest BCUT2D eigenvalue weighted by molar-refractivity contribution is 0.0846. The highest BCUT2D eigenvalue weighted by Crippen LogP contribution is 2.10. The van der Waals surface area contributed by atoms with Gasteiger partial charge in [0.2, 0.25) is 0 Å². The number of hydrogen-bond donors (Lipinski definition) is 2. The maximum Gasteiger partial charge on any atom is 0.269 e. The zero-order chi connectivity index (χ0) is 16.3. The van der Waals surface area contributed by atoms with Gasteiger partial charge in [-0.15, -0.1) is 0 Å². The van der Waals surface area contributed by atoms with Crippen LogP contribution in [0, 0.1) is 25.5 Å². The number of halogens is 2. The molecule has 0 saturated carbocycles. The zero-order valence-corrected chi connectivity index (χ0v) is 12.0. The molecule has 0 spiro atoms. The standard InChI is InChI=1S/C16H14F2N2O2/c1-9-3-5-12(10(2)7-9)16(22)20-19-15(21)11-4-6-13(17)14(18)8-11/h3-8H,1-2H3,(H,19,21)(H,20,22). The molecule has 0 atom stereocenters. The maximum atomic E-state index is 13.1. The Morgan fingerprint density at radius 3 is 2.18 bits per heavy atom. The third-order valence-corrected chi connectivity index (χ3v) is 3.10. The molecule has 0 fully saturated rings. The van der Waals surface area contributed by atoms with Crippen LogP contribution in [0.5, 0.6) is 0 Å². The average molecular weight is 304 g/mol. The molecule has 6 heteroatoms. The van der Waals surface area contributed by atoms with Crippen LogP contribution in [0.3, 0.4) is 0 Å². The summed E-state index contributed by atoms with van der Waals surface area (Å²) in [5.41, 5.74) is 6.49. The summed E-state index contributed by atoms with van der Waals surface area (Å²) >= 11 is 0. The smallest absolute Gasteiger partial charge is 0.267 e. The Balaban J connectivity index is 2.04. The van der Waals surface area contributed by atoms with Gasteiger partial charge >= 0.3 is 0 Å². The topological polar surface area (TPSA) is 58.2 Å². The summed E-state index contributed by atoms with van der Waals surface area (Å²) in [6.45, 7) is 3.68. The summed E-state index contributed by atoms with van der Waals surface area (Å²) in [5, 5.41) is 0. The second kappa shape index (κ2) is 6.34. The van der Waals surface area contributed by atoms with E-state index in [0.29, 0.717) is 5.56 Å². The van der Waals surface area contributed by atoms with Gasteiger partial charge < -0.3 is 0 Å². The van der Waals surface area contributed by atoms with Crippen molar-refractivity contribution >= 4 is 11.8 Å². The van der Waals surface area contributed by atoms with Gasteiger partial charge in [-0.2, -0.15) is 0 Å². The Kier molecular flexibility index (Phi) is 4.50. The van der Waals surface area contributed by atoms with Crippen LogP contribution in [-0.4, -0.2) is 11.8 Å². The van der Waals surface area contributed by atoms with Crippen LogP contribution < -0.4 is 10.9 Å². The zero-order valence-electron chi connectivity index (χ0n) is 12.0. The molecule has 0 aliphatic heterocycles. The molecule has 0 radical (unpaired) electrons. The number of rotatable bonds is 2. The van der Waals surface area contributed by atoms with Gasteiger partial charge in [0, 0.05) is 11.1 Å². The lowest BCUT2D eigenvalue weighted by atomic mass is 10.1. The predicted molar refractivity (Wildman–Crippen MR) is 77.2 cm³/mol. The van der Waals surface area contributed by atoms with Gasteiger partial charge in [0.1, 0.15) is 0 Å². The van der Waals surface area contributed by atoms with E-state index in [1.54, 1.807) is 19.1 Å². The maximum absolute atomic E-state index is 13.1. The lowest BCUT2D eigenvalue weighted by Crippen LogP contribution is -2.41. The van der Waals surface area contributed by atoms with Crippen molar-refractivity contribution in [3.8, 4) is 0 Å². The van der Waals surface area contributed by atoms with E-state index in [1.807, 2.05) is 13.0 Å². The van der Waals surface area contributed by atoms with Crippen molar-refractivity contribution in [2.75, 3.05) is 0 Å². The minimum atomic E-state index is -1.13. The van der Waals surface area contributed by atoms with Gasteiger partial charge in [-0.25, -0.2) is 8.78 Å². The SMILES string of the molecule is Cc1ccc(C(=O)NNC(=O)c2ccc(F)c(F)c2)c(C)c1. The van der Waals surface area contributed by atoms with E-state index in [-0.39, 0.29) is 5.56 Å². The molecule has 2 amide bonds. The fourth-order valence-electron chi connectivity index (χ4n) is 1.96. The highest BCUT2D eigenvalue weighted by atomic mass is 19.2. The molecule has 0 heterocycles. The second-order valence-electron chi connectivity index (χ2n) is 4.86. The van der Waals surface area contributed by atoms with Gasteiger partial charge in [0.15, 0.2) is 11.6 Å². The van der Waals surface area contributed by atoms with Crippen LogP contribution in [0.4, 0.5) is 8.78 Å². The molecule has 0 aromatic heterocycles. The van der Waals surface area contributed by atoms with Crippen molar-refractivity contribution in [1.82, 2.24) is 10.9 Å². The first-order valence-electron chi connectivity index (χ1n) is 6.51. The van der Waals surface area contributed by atoms with Gasteiger partial charge in [0.25, 0.3) is 11.8 Å². The van der Waals surface area contributed by atoms with E-state index in [2.05, 4.69) is 10.9 Å². The molecule has 0 bridgehead atoms. The van der Waals surface area contributed by atoms with E-state index in [4.69, 9.17) is 0 Å². The highest BCUT2D eigenvalue weighted by Gasteiger charge is 2.12. The first-order valence-corrected chi connectivity index (χ1v) is 6.51. The highest BCUT2D eigenvalue weighted by molar-refractivity contribution is 5.99. The van der Waals surface area contributed by atoms with Gasteiger partial charge in [-0.05, 0) is 43.7 Å². The summed E-state index contributed by atoms with van der Waals surface area (Å²) in [4.78, 5) is 23.7. The normalized spacial score (nSPS) is 10.2. The van der Waals surface area contributed by atoms with E-state index >= 15 is 0 Å². The van der Waals surface area contributed by atoms with Crippen LogP contribution in [0.1, 0.15) is 31.8 Å². The second-order valence-corrected chi connectivity index (χ2v) is 4.86. The van der Waals surface area contributed by atoms with E-state index in [9.17, 15) is 18.4 Å². The largest absolute Gasteiger partial charge is 0.269 e. The van der Waals surface area contributed by atoms with Crippen LogP contribution in [0.25, 0.3) is 0 Å². The minimum absolute atomic E-state index is 0.0974. The van der Waals surface area contributed by atoms with Crippen molar-refractivity contribution in [2.45, 2.75) is 13.8 Å². The number of aryl methyl sites for hydroxylation is 2. The third kappa shape index (κ3) is 3.46. The molecule has 2 N–H and O–H groups in total. The monoisotopic (exact) mass is 304 g/mol. The number of hydrogen-bond acceptors (Lipinski definition) is 2. The van der Waals surface area contributed by atoms with Crippen molar-refractivity contribution in [3.63, 3.8) is 0 Å². The summed E-state index contributed by atoms with van der Waals surface area (Å²) < 4.78 is 25.8. The molecule has 22 heavy (non-hydrogen) atoms. The lowest BCUT2D eigenvalue weighted by Gasteiger charge is -2.10. The van der Waals surface area contributed by atoms with E-state index in [0.717, 1.165) is 29.3 Å². The van der Waals surface area contributed by atoms with Gasteiger partial charge in [-0.1, -0.05) is 17.7 Å². The molecule has 0 unspecified atom stereocenters. The van der Waals surface area contributed by atoms with Crippen molar-refractivity contribution < 1.29 is 18.4 Å². The molecule has 4 nitrogen and oxygen atoms in total. The van der Waals surface area contributed by atoms with Crippen molar-refractivity contribution in [3.05, 3.63) is 70.3 Å². The Labute approximate surface area is 126 Å². The van der Waals surface area contributed by atoms with Crippen molar-refractivity contribution in [1.29, 1.82) is 0 Å². The Bertz CT molecular complexity index is 745. The van der Waals surface area contributed by atoms with E-state index in [1.165, 1.54) is 0 Å². The number of amides is 2. The summed E-state index contributed by atoms with van der Waals surface area (Å²) in [6.07, 6.45) is 0. The first kappa shape index (κ1) is 15.6. The van der Waals surface area contributed by atoms with Crippen molar-refractivity contribution in [2.24, 2.45) is 0 Å². The fourth-order valence-corrected chi connectivity index (χ4v) is 1.96. The number of carbonyl (C=O) groups excluding carboxylic acids is 2. The number of hydrazine groups is 1. The van der Waals surface area contributed by atoms with Crippen LogP contribution >= 0.6 is 0 Å². The fraction of sp³-hybridized carbons (Fsp3) is 0.125. The Hall–Kier alpha value is -2.76. The first-order chi connectivity index (χ1) is 10.4. The average Bonchev–Trinajstić information content (AvgIpc) is 2.47. The molecular weight excluding hydrogens is 290 g/mol. The van der Waals surface area contributed by atoms with Gasteiger partial charge in [0.05, 0.1) is 0 Å². The summed E-state index contributed by atoms with van der Waals surface area (Å²) in [7, 11) is 0. The summed E-state index contributed by atoms with van der Waals surface area (Å²) in [6, 6.07) is 7.98. The molecule has 0 saturated heterocycles. The quantitative estimate of drug-likeness (QED) is 0.838. The number of nitrogens with one attached hydrogen (secondary N) is 2. The van der Waals surface area contributed by atoms with Crippen LogP contribution in [-0.2, 0) is 0 Å². The number of carbonyl (C=O) groups is 2. The molecule has 2 aromatic rings. The molecule has 0 aliphatic carbocycles. The molecular formula is C16H14F2N2O2. The Morgan fingerprint density at radius 2 is 1.55 bits per heavy atom. The number of benzene rings is 2. The Morgan fingerprint density at radius 1 is 0.864 bits per heavy atom. The van der Waals surface area contributed by atoms with Crippen LogP contribution in [0.2, 0.25) is 0 Å². The predicted octanol–water partition coefficient (Wildman–Crippen LogP) is 2.66. The molecule has 0 aliphatic rings. The van der Waals surface area contributed by atoms with Gasteiger partial charge in [-0.3, -0.25) is 20.4 Å². The molecule has 2 aromatic carbocycles. The molecule has 2 rings (SSSR count). The minimum Gasteiger partial charge on any atom is -0.267 e. The third-order valence-electron chi connectivity index (χ3n) is 3.10. The molecule has 114 valence electrons. The van der Waals surface area contributed by atoms with E-state index < -0.39 is 23.4 Å². The van der Waals surface area contributed by atoms with Crippen LogP contribution in [0.15, 0.2) is 36.4 Å². The summed E-state index contributed by atoms with van der Waals surface area (Å²) in [5.74, 6) is -3.41.